The lowest BCUT2D eigenvalue weighted by Gasteiger charge is -2.28. The zero-order chi connectivity index (χ0) is 32.3. The first-order valence-corrected chi connectivity index (χ1v) is 15.4. The number of carbonyl (C=O) groups is 3. The number of para-hydroxylation sites is 1. The normalized spacial score (nSPS) is 15.1. The molecule has 2 N–H and O–H groups in total. The minimum absolute atomic E-state index is 0.177. The fraction of sp³-hybridized carbons (Fsp3) is 0.282. The summed E-state index contributed by atoms with van der Waals surface area (Å²) in [5.41, 5.74) is 4.49. The highest BCUT2D eigenvalue weighted by molar-refractivity contribution is 6.33. The maximum absolute atomic E-state index is 13.7. The smallest absolute Gasteiger partial charge is 0.224 e. The number of aromatic nitrogens is 1. The van der Waals surface area contributed by atoms with Crippen molar-refractivity contribution in [1.29, 1.82) is 0 Å². The number of benzene rings is 4. The van der Waals surface area contributed by atoms with Crippen LogP contribution in [0.2, 0.25) is 0 Å². The van der Waals surface area contributed by atoms with Gasteiger partial charge >= 0.3 is 0 Å². The summed E-state index contributed by atoms with van der Waals surface area (Å²) in [4.78, 5) is 45.3. The van der Waals surface area contributed by atoms with E-state index in [0.717, 1.165) is 32.8 Å². The second-order valence-electron chi connectivity index (χ2n) is 14.1. The molecular formula is C39H38N2O4. The lowest BCUT2D eigenvalue weighted by molar-refractivity contribution is -0.116. The number of hydrogen-bond acceptors (Lipinski definition) is 5. The molecule has 0 saturated heterocycles. The first-order valence-electron chi connectivity index (χ1n) is 15.4. The van der Waals surface area contributed by atoms with Gasteiger partial charge in [-0.1, -0.05) is 102 Å². The highest BCUT2D eigenvalue weighted by Crippen LogP contribution is 2.41. The lowest BCUT2D eigenvalue weighted by atomic mass is 9.78. The molecule has 0 aliphatic heterocycles. The van der Waals surface area contributed by atoms with Crippen molar-refractivity contribution in [2.75, 3.05) is 5.32 Å². The third-order valence-corrected chi connectivity index (χ3v) is 8.70. The molecule has 6 rings (SSSR count). The number of pyridine rings is 1. The summed E-state index contributed by atoms with van der Waals surface area (Å²) in [5, 5.41) is 16.5. The molecule has 0 saturated carbocycles. The van der Waals surface area contributed by atoms with Crippen LogP contribution >= 0.6 is 0 Å². The fourth-order valence-electron chi connectivity index (χ4n) is 6.31. The van der Waals surface area contributed by atoms with Crippen molar-refractivity contribution in [2.45, 2.75) is 71.1 Å². The molecule has 1 amide bonds. The molecule has 1 atom stereocenters. The Hall–Kier alpha value is -4.84. The second kappa shape index (κ2) is 11.0. The van der Waals surface area contributed by atoms with Crippen molar-refractivity contribution < 1.29 is 19.5 Å². The molecule has 0 bridgehead atoms. The van der Waals surface area contributed by atoms with Crippen molar-refractivity contribution in [1.82, 2.24) is 4.98 Å². The molecule has 0 radical (unpaired) electrons. The molecular weight excluding hydrogens is 560 g/mol. The minimum atomic E-state index is -1.03. The van der Waals surface area contributed by atoms with E-state index in [1.807, 2.05) is 60.7 Å². The predicted octanol–water partition coefficient (Wildman–Crippen LogP) is 8.42. The van der Waals surface area contributed by atoms with Gasteiger partial charge in [-0.05, 0) is 62.9 Å². The van der Waals surface area contributed by atoms with Crippen LogP contribution in [-0.4, -0.2) is 27.6 Å². The number of amides is 1. The Bertz CT molecular complexity index is 1990. The summed E-state index contributed by atoms with van der Waals surface area (Å²) in [7, 11) is 0. The number of ketones is 2. The number of phenols is 1. The first kappa shape index (κ1) is 30.2. The Kier molecular flexibility index (Phi) is 7.35. The van der Waals surface area contributed by atoms with Gasteiger partial charge in [0, 0.05) is 22.9 Å². The Labute approximate surface area is 263 Å². The molecule has 228 valence electrons. The summed E-state index contributed by atoms with van der Waals surface area (Å²) in [5.74, 6) is -1.39. The quantitative estimate of drug-likeness (QED) is 0.198. The molecule has 1 aromatic heterocycles. The van der Waals surface area contributed by atoms with Crippen molar-refractivity contribution in [3.63, 3.8) is 0 Å². The average Bonchev–Trinajstić information content (AvgIpc) is 3.24. The number of anilines is 1. The van der Waals surface area contributed by atoms with Crippen LogP contribution in [0.25, 0.3) is 21.7 Å². The Morgan fingerprint density at radius 2 is 1.44 bits per heavy atom. The summed E-state index contributed by atoms with van der Waals surface area (Å²) in [6, 6.07) is 24.3. The average molecular weight is 599 g/mol. The fourth-order valence-corrected chi connectivity index (χ4v) is 6.31. The largest absolute Gasteiger partial charge is 0.507 e. The van der Waals surface area contributed by atoms with Gasteiger partial charge in [0.25, 0.3) is 0 Å². The zero-order valence-electron chi connectivity index (χ0n) is 26.6. The van der Waals surface area contributed by atoms with E-state index in [1.54, 1.807) is 18.2 Å². The standard InChI is InChI=1S/C39H38N2O4/c1-38(2,3)27-20-22(21-28(36(27)44)39(4,5)6)14-19-31(42)40-30-13-9-11-24-16-18-29(41-34(24)30)33-35(43)26-17-15-23-10-7-8-12-25(23)32(26)37(33)45/h7-13,15-18,20-21,33,44H,14,19H2,1-6H3,(H,40,42). The van der Waals surface area contributed by atoms with Crippen LogP contribution in [0.4, 0.5) is 5.69 Å². The van der Waals surface area contributed by atoms with E-state index in [1.165, 1.54) is 0 Å². The van der Waals surface area contributed by atoms with Gasteiger partial charge in [0.15, 0.2) is 11.6 Å². The third-order valence-electron chi connectivity index (χ3n) is 8.70. The number of hydrogen-bond donors (Lipinski definition) is 2. The second-order valence-corrected chi connectivity index (χ2v) is 14.1. The number of aromatic hydroxyl groups is 1. The molecule has 5 aromatic rings. The predicted molar refractivity (Wildman–Crippen MR) is 180 cm³/mol. The maximum Gasteiger partial charge on any atom is 0.224 e. The highest BCUT2D eigenvalue weighted by atomic mass is 16.3. The zero-order valence-corrected chi connectivity index (χ0v) is 26.6. The number of Topliss-reactive ketones (excluding diaryl/α,β-unsaturated/α-hetero) is 2. The van der Waals surface area contributed by atoms with Crippen LogP contribution in [0.1, 0.15) is 97.0 Å². The van der Waals surface area contributed by atoms with Gasteiger partial charge < -0.3 is 10.4 Å². The van der Waals surface area contributed by atoms with Crippen molar-refractivity contribution in [3.8, 4) is 5.75 Å². The Balaban J connectivity index is 1.27. The number of phenolic OH excluding ortho intramolecular Hbond substituents is 1. The number of aryl methyl sites for hydroxylation is 1. The maximum atomic E-state index is 13.7. The van der Waals surface area contributed by atoms with Crippen molar-refractivity contribution in [2.24, 2.45) is 0 Å². The van der Waals surface area contributed by atoms with Crippen molar-refractivity contribution >= 4 is 44.8 Å². The number of carbonyl (C=O) groups excluding carboxylic acids is 3. The van der Waals surface area contributed by atoms with Crippen LogP contribution in [0.5, 0.6) is 5.75 Å². The van der Waals surface area contributed by atoms with Crippen molar-refractivity contribution in [3.05, 3.63) is 112 Å². The Morgan fingerprint density at radius 3 is 2.13 bits per heavy atom. The molecule has 1 heterocycles. The van der Waals surface area contributed by atoms with Crippen LogP contribution < -0.4 is 5.32 Å². The number of rotatable bonds is 5. The van der Waals surface area contributed by atoms with Gasteiger partial charge in [-0.3, -0.25) is 14.4 Å². The minimum Gasteiger partial charge on any atom is -0.507 e. The first-order chi connectivity index (χ1) is 21.2. The van der Waals surface area contributed by atoms with Crippen LogP contribution in [0.3, 0.4) is 0 Å². The van der Waals surface area contributed by atoms with E-state index in [0.29, 0.717) is 40.2 Å². The number of nitrogens with zero attached hydrogens (tertiary/aromatic N) is 1. The SMILES string of the molecule is CC(C)(C)c1cc(CCC(=O)Nc2cccc3ccc(C4C(=O)c5ccc6ccccc6c5C4=O)nc23)cc(C(C)(C)C)c1O. The van der Waals surface area contributed by atoms with E-state index in [-0.39, 0.29) is 34.7 Å². The topological polar surface area (TPSA) is 96.4 Å². The molecule has 4 aromatic carbocycles. The molecule has 45 heavy (non-hydrogen) atoms. The van der Waals surface area contributed by atoms with E-state index in [4.69, 9.17) is 4.98 Å². The van der Waals surface area contributed by atoms with Gasteiger partial charge in [0.05, 0.1) is 16.9 Å². The van der Waals surface area contributed by atoms with Gasteiger partial charge in [-0.2, -0.15) is 0 Å². The summed E-state index contributed by atoms with van der Waals surface area (Å²) < 4.78 is 0. The number of fused-ring (bicyclic) bond motifs is 4. The molecule has 6 heteroatoms. The molecule has 1 unspecified atom stereocenters. The van der Waals surface area contributed by atoms with Gasteiger partial charge in [-0.15, -0.1) is 0 Å². The van der Waals surface area contributed by atoms with Crippen LogP contribution in [0.15, 0.2) is 78.9 Å². The van der Waals surface area contributed by atoms with Gasteiger partial charge in [-0.25, -0.2) is 4.98 Å². The van der Waals surface area contributed by atoms with Crippen LogP contribution in [0, 0.1) is 0 Å². The third kappa shape index (κ3) is 5.50. The summed E-state index contributed by atoms with van der Waals surface area (Å²) >= 11 is 0. The molecule has 1 aliphatic carbocycles. The highest BCUT2D eigenvalue weighted by Gasteiger charge is 2.41. The monoisotopic (exact) mass is 598 g/mol. The van der Waals surface area contributed by atoms with E-state index >= 15 is 0 Å². The van der Waals surface area contributed by atoms with Gasteiger partial charge in [0.1, 0.15) is 11.7 Å². The summed E-state index contributed by atoms with van der Waals surface area (Å²) in [6.45, 7) is 12.4. The number of nitrogens with one attached hydrogen (secondary N) is 1. The van der Waals surface area contributed by atoms with E-state index in [9.17, 15) is 19.5 Å². The Morgan fingerprint density at radius 1 is 0.800 bits per heavy atom. The van der Waals surface area contributed by atoms with Crippen LogP contribution in [-0.2, 0) is 22.0 Å². The molecule has 0 spiro atoms. The molecule has 6 nitrogen and oxygen atoms in total. The van der Waals surface area contributed by atoms with Gasteiger partial charge in [0.2, 0.25) is 5.91 Å². The lowest BCUT2D eigenvalue weighted by Crippen LogP contribution is -2.18. The van der Waals surface area contributed by atoms with E-state index < -0.39 is 5.92 Å². The molecule has 0 fully saturated rings. The molecule has 1 aliphatic rings. The van der Waals surface area contributed by atoms with E-state index in [2.05, 4.69) is 46.9 Å². The summed E-state index contributed by atoms with van der Waals surface area (Å²) in [6.07, 6.45) is 0.731.